The fraction of sp³-hybridized carbons (Fsp3) is 0.333. The molecule has 0 bridgehead atoms. The molecule has 8 heteroatoms. The molecule has 2 aromatic carbocycles. The molecule has 4 N–H and O–H groups in total. The Morgan fingerprint density at radius 2 is 1.10 bits per heavy atom. The minimum absolute atomic E-state index is 0.0646. The van der Waals surface area contributed by atoms with Crippen LogP contribution in [0.5, 0.6) is 0 Å². The Kier molecular flexibility index (Phi) is 5.22. The summed E-state index contributed by atoms with van der Waals surface area (Å²) in [6.07, 6.45) is 0. The Morgan fingerprint density at radius 1 is 0.759 bits per heavy atom. The SMILES string of the molecule is CC1(C)OC(CO)(c2ccccc2C(=O)O)C(CO)(c2ccccc2C(=O)O)O1. The van der Waals surface area contributed by atoms with Crippen LogP contribution in [0.15, 0.2) is 48.5 Å². The van der Waals surface area contributed by atoms with Gasteiger partial charge in [0.25, 0.3) is 0 Å². The first-order valence-corrected chi connectivity index (χ1v) is 8.92. The first kappa shape index (κ1) is 20.9. The zero-order valence-electron chi connectivity index (χ0n) is 16.0. The van der Waals surface area contributed by atoms with Gasteiger partial charge >= 0.3 is 11.9 Å². The Morgan fingerprint density at radius 3 is 1.41 bits per heavy atom. The maximum Gasteiger partial charge on any atom is 0.336 e. The average Bonchev–Trinajstić information content (AvgIpc) is 2.96. The normalized spacial score (nSPS) is 25.7. The molecule has 1 aliphatic heterocycles. The third kappa shape index (κ3) is 3.10. The van der Waals surface area contributed by atoms with Crippen LogP contribution in [0, 0.1) is 0 Å². The lowest BCUT2D eigenvalue weighted by Gasteiger charge is -2.42. The van der Waals surface area contributed by atoms with Gasteiger partial charge in [0.2, 0.25) is 0 Å². The summed E-state index contributed by atoms with van der Waals surface area (Å²) < 4.78 is 12.1. The van der Waals surface area contributed by atoms with Crippen LogP contribution in [0.1, 0.15) is 45.7 Å². The molecule has 1 aliphatic rings. The number of hydrogen-bond acceptors (Lipinski definition) is 6. The van der Waals surface area contributed by atoms with Crippen LogP contribution in [-0.2, 0) is 20.7 Å². The smallest absolute Gasteiger partial charge is 0.336 e. The highest BCUT2D eigenvalue weighted by atomic mass is 16.8. The second-order valence-electron chi connectivity index (χ2n) is 7.28. The van der Waals surface area contributed by atoms with Gasteiger partial charge in [-0.1, -0.05) is 36.4 Å². The molecule has 0 aromatic heterocycles. The molecular weight excluding hydrogens is 380 g/mol. The molecule has 154 valence electrons. The predicted octanol–water partition coefficient (Wildman–Crippen LogP) is 1.94. The number of benzene rings is 2. The lowest BCUT2D eigenvalue weighted by Crippen LogP contribution is -2.53. The summed E-state index contributed by atoms with van der Waals surface area (Å²) in [5.74, 6) is -3.90. The van der Waals surface area contributed by atoms with Crippen molar-refractivity contribution in [2.24, 2.45) is 0 Å². The van der Waals surface area contributed by atoms with Crippen molar-refractivity contribution < 1.29 is 39.5 Å². The fourth-order valence-corrected chi connectivity index (χ4v) is 4.10. The summed E-state index contributed by atoms with van der Waals surface area (Å²) in [4.78, 5) is 23.7. The van der Waals surface area contributed by atoms with Crippen molar-refractivity contribution in [3.8, 4) is 0 Å². The number of carboxylic acid groups (broad SMARTS) is 2. The molecule has 2 unspecified atom stereocenters. The summed E-state index contributed by atoms with van der Waals surface area (Å²) in [6, 6.07) is 11.8. The molecule has 29 heavy (non-hydrogen) atoms. The zero-order valence-corrected chi connectivity index (χ0v) is 16.0. The third-order valence-corrected chi connectivity index (χ3v) is 5.12. The molecule has 8 nitrogen and oxygen atoms in total. The molecule has 2 atom stereocenters. The number of aliphatic hydroxyl groups excluding tert-OH is 2. The van der Waals surface area contributed by atoms with E-state index in [1.165, 1.54) is 36.4 Å². The number of aliphatic hydroxyl groups is 2. The number of aromatic carboxylic acids is 2. The monoisotopic (exact) mass is 402 g/mol. The second kappa shape index (κ2) is 7.23. The molecule has 2 aromatic rings. The predicted molar refractivity (Wildman–Crippen MR) is 101 cm³/mol. The summed E-state index contributed by atoms with van der Waals surface area (Å²) in [6.45, 7) is 1.55. The van der Waals surface area contributed by atoms with Gasteiger partial charge in [0.15, 0.2) is 17.0 Å². The van der Waals surface area contributed by atoms with Gasteiger partial charge in [0, 0.05) is 11.1 Å². The highest BCUT2D eigenvalue weighted by Gasteiger charge is 2.66. The Hall–Kier alpha value is -2.78. The van der Waals surface area contributed by atoms with Gasteiger partial charge in [-0.05, 0) is 26.0 Å². The molecule has 0 saturated carbocycles. The zero-order chi connectivity index (χ0) is 21.4. The van der Waals surface area contributed by atoms with Crippen molar-refractivity contribution in [2.45, 2.75) is 30.8 Å². The summed E-state index contributed by atoms with van der Waals surface area (Å²) >= 11 is 0. The minimum atomic E-state index is -1.88. The summed E-state index contributed by atoms with van der Waals surface area (Å²) in [5.41, 5.74) is -3.95. The van der Waals surface area contributed by atoms with E-state index in [0.29, 0.717) is 0 Å². The van der Waals surface area contributed by atoms with Crippen LogP contribution in [-0.4, -0.2) is 51.4 Å². The lowest BCUT2D eigenvalue weighted by atomic mass is 9.71. The van der Waals surface area contributed by atoms with Crippen LogP contribution in [0.4, 0.5) is 0 Å². The molecule has 0 aliphatic carbocycles. The maximum absolute atomic E-state index is 11.9. The number of hydrogen-bond donors (Lipinski definition) is 4. The minimum Gasteiger partial charge on any atom is -0.478 e. The number of rotatable bonds is 6. The van der Waals surface area contributed by atoms with Crippen molar-refractivity contribution in [1.29, 1.82) is 0 Å². The summed E-state index contributed by atoms with van der Waals surface area (Å²) in [7, 11) is 0. The second-order valence-corrected chi connectivity index (χ2v) is 7.28. The van der Waals surface area contributed by atoms with Crippen molar-refractivity contribution in [2.75, 3.05) is 13.2 Å². The van der Waals surface area contributed by atoms with Crippen LogP contribution in [0.3, 0.4) is 0 Å². The molecule has 1 saturated heterocycles. The Balaban J connectivity index is 2.42. The Labute approximate surface area is 166 Å². The van der Waals surface area contributed by atoms with Crippen molar-refractivity contribution in [3.05, 3.63) is 70.8 Å². The summed E-state index contributed by atoms with van der Waals surface area (Å²) in [5, 5.41) is 40.4. The van der Waals surface area contributed by atoms with Crippen LogP contribution >= 0.6 is 0 Å². The first-order valence-electron chi connectivity index (χ1n) is 8.92. The molecule has 0 spiro atoms. The van der Waals surface area contributed by atoms with E-state index < -0.39 is 42.1 Å². The van der Waals surface area contributed by atoms with E-state index in [1.54, 1.807) is 26.0 Å². The van der Waals surface area contributed by atoms with E-state index >= 15 is 0 Å². The topological polar surface area (TPSA) is 134 Å². The van der Waals surface area contributed by atoms with Crippen molar-refractivity contribution in [1.82, 2.24) is 0 Å². The van der Waals surface area contributed by atoms with Gasteiger partial charge in [-0.2, -0.15) is 0 Å². The van der Waals surface area contributed by atoms with E-state index in [1.807, 2.05) is 0 Å². The van der Waals surface area contributed by atoms with Crippen molar-refractivity contribution in [3.63, 3.8) is 0 Å². The fourth-order valence-electron chi connectivity index (χ4n) is 4.10. The van der Waals surface area contributed by atoms with Crippen LogP contribution < -0.4 is 0 Å². The lowest BCUT2D eigenvalue weighted by molar-refractivity contribution is -0.178. The van der Waals surface area contributed by atoms with Gasteiger partial charge in [-0.3, -0.25) is 0 Å². The average molecular weight is 402 g/mol. The quantitative estimate of drug-likeness (QED) is 0.576. The van der Waals surface area contributed by atoms with Gasteiger partial charge < -0.3 is 29.9 Å². The first-order chi connectivity index (χ1) is 13.6. The van der Waals surface area contributed by atoms with Gasteiger partial charge in [-0.15, -0.1) is 0 Å². The largest absolute Gasteiger partial charge is 0.478 e. The molecule has 1 heterocycles. The Bertz CT molecular complexity index is 878. The van der Waals surface area contributed by atoms with Crippen LogP contribution in [0.25, 0.3) is 0 Å². The molecule has 0 radical (unpaired) electrons. The van der Waals surface area contributed by atoms with Crippen molar-refractivity contribution >= 4 is 11.9 Å². The highest BCUT2D eigenvalue weighted by molar-refractivity contribution is 5.91. The van der Waals surface area contributed by atoms with E-state index in [-0.39, 0.29) is 22.3 Å². The number of ether oxygens (including phenoxy) is 2. The van der Waals surface area contributed by atoms with E-state index in [4.69, 9.17) is 9.47 Å². The van der Waals surface area contributed by atoms with Gasteiger partial charge in [0.1, 0.15) is 0 Å². The third-order valence-electron chi connectivity index (χ3n) is 5.12. The number of carbonyl (C=O) groups is 2. The van der Waals surface area contributed by atoms with Gasteiger partial charge in [-0.25, -0.2) is 9.59 Å². The van der Waals surface area contributed by atoms with Crippen LogP contribution in [0.2, 0.25) is 0 Å². The molecule has 3 rings (SSSR count). The van der Waals surface area contributed by atoms with E-state index in [0.717, 1.165) is 0 Å². The maximum atomic E-state index is 11.9. The van der Waals surface area contributed by atoms with E-state index in [9.17, 15) is 30.0 Å². The highest BCUT2D eigenvalue weighted by Crippen LogP contribution is 2.56. The van der Waals surface area contributed by atoms with Gasteiger partial charge in [0.05, 0.1) is 24.3 Å². The molecular formula is C21H22O8. The number of carboxylic acids is 2. The standard InChI is InChI=1S/C21H22O8/c1-19(2)28-20(11-22,15-9-5-3-7-13(15)17(24)25)21(12-23,29-19)16-10-6-4-8-14(16)18(26)27/h3-10,22-23H,11-12H2,1-2H3,(H,24,25)(H,26,27). The molecule has 1 fully saturated rings. The van der Waals surface area contributed by atoms with E-state index in [2.05, 4.69) is 0 Å². The molecule has 0 amide bonds.